The van der Waals surface area contributed by atoms with Crippen LogP contribution in [0.3, 0.4) is 0 Å². The van der Waals surface area contributed by atoms with Gasteiger partial charge in [0.15, 0.2) is 11.6 Å². The Hall–Kier alpha value is -4.33. The molecule has 0 amide bonds. The number of hydrogen-bond acceptors (Lipinski definition) is 4. The third kappa shape index (κ3) is 3.53. The van der Waals surface area contributed by atoms with Crippen molar-refractivity contribution >= 4 is 10.9 Å². The van der Waals surface area contributed by atoms with E-state index in [1.165, 1.54) is 9.13 Å². The lowest BCUT2D eigenvalue weighted by Crippen LogP contribution is -2.18. The van der Waals surface area contributed by atoms with Crippen LogP contribution in [-0.4, -0.2) is 24.1 Å². The molecule has 0 unspecified atom stereocenters. The van der Waals surface area contributed by atoms with E-state index in [1.807, 2.05) is 45.0 Å². The molecular weight excluding hydrogens is 430 g/mol. The fraction of sp³-hybridized carbons (Fsp3) is 0.192. The fourth-order valence-corrected chi connectivity index (χ4v) is 4.19. The van der Waals surface area contributed by atoms with Gasteiger partial charge in [-0.05, 0) is 38.0 Å². The maximum atomic E-state index is 13.0. The molecule has 0 radical (unpaired) electrons. The number of benzene rings is 1. The van der Waals surface area contributed by atoms with Gasteiger partial charge in [-0.3, -0.25) is 9.59 Å². The molecule has 2 N–H and O–H groups in total. The highest BCUT2D eigenvalue weighted by molar-refractivity contribution is 5.98. The van der Waals surface area contributed by atoms with Gasteiger partial charge in [0.05, 0.1) is 11.9 Å². The molecule has 172 valence electrons. The van der Waals surface area contributed by atoms with Gasteiger partial charge in [-0.2, -0.15) is 0 Å². The Morgan fingerprint density at radius 2 is 1.65 bits per heavy atom. The molecule has 4 aromatic heterocycles. The summed E-state index contributed by atoms with van der Waals surface area (Å²) in [7, 11) is 3.38. The van der Waals surface area contributed by atoms with Crippen molar-refractivity contribution in [3.63, 3.8) is 0 Å². The largest absolute Gasteiger partial charge is 0.455 e. The molecule has 0 bridgehead atoms. The number of H-pyrrole nitrogens is 2. The lowest BCUT2D eigenvalue weighted by Gasteiger charge is -2.17. The van der Waals surface area contributed by atoms with Crippen LogP contribution in [0.5, 0.6) is 11.5 Å². The highest BCUT2D eigenvalue weighted by Crippen LogP contribution is 2.38. The second kappa shape index (κ2) is 7.91. The van der Waals surface area contributed by atoms with Crippen molar-refractivity contribution in [1.29, 1.82) is 0 Å². The molecule has 34 heavy (non-hydrogen) atoms. The van der Waals surface area contributed by atoms with E-state index in [0.29, 0.717) is 39.3 Å². The average Bonchev–Trinajstić information content (AvgIpc) is 3.42. The lowest BCUT2D eigenvalue weighted by molar-refractivity contribution is 0.470. The normalized spacial score (nSPS) is 11.3. The molecule has 0 fully saturated rings. The number of ether oxygens (including phenoxy) is 1. The van der Waals surface area contributed by atoms with Crippen LogP contribution in [0, 0.1) is 20.8 Å². The maximum Gasteiger partial charge on any atom is 0.274 e. The minimum absolute atomic E-state index is 0.172. The van der Waals surface area contributed by atoms with Crippen LogP contribution in [0.25, 0.3) is 33.5 Å². The van der Waals surface area contributed by atoms with E-state index in [9.17, 15) is 9.59 Å². The number of fused-ring (bicyclic) bond motifs is 1. The van der Waals surface area contributed by atoms with Crippen LogP contribution in [0.4, 0.5) is 0 Å². The van der Waals surface area contributed by atoms with Crippen LogP contribution in [-0.2, 0) is 14.1 Å². The van der Waals surface area contributed by atoms with Crippen molar-refractivity contribution in [1.82, 2.24) is 24.1 Å². The number of aromatic amines is 2. The second-order valence-electron chi connectivity index (χ2n) is 8.67. The van der Waals surface area contributed by atoms with E-state index in [2.05, 4.69) is 15.0 Å². The topological polar surface area (TPSA) is 97.7 Å². The van der Waals surface area contributed by atoms with E-state index in [4.69, 9.17) is 4.74 Å². The number of para-hydroxylation sites is 1. The van der Waals surface area contributed by atoms with Gasteiger partial charge in [0.2, 0.25) is 0 Å². The molecule has 1 aromatic carbocycles. The summed E-state index contributed by atoms with van der Waals surface area (Å²) in [4.78, 5) is 36.4. The first-order chi connectivity index (χ1) is 16.2. The number of nitrogens with zero attached hydrogens (tertiary/aromatic N) is 3. The van der Waals surface area contributed by atoms with Crippen molar-refractivity contribution in [3.05, 3.63) is 86.5 Å². The van der Waals surface area contributed by atoms with Crippen LogP contribution >= 0.6 is 0 Å². The molecule has 8 nitrogen and oxygen atoms in total. The van der Waals surface area contributed by atoms with Crippen molar-refractivity contribution in [2.75, 3.05) is 0 Å². The molecule has 5 rings (SSSR count). The quantitative estimate of drug-likeness (QED) is 0.421. The Bertz CT molecular complexity index is 1660. The van der Waals surface area contributed by atoms with Crippen LogP contribution in [0.15, 0.2) is 58.5 Å². The van der Waals surface area contributed by atoms with E-state index in [1.54, 1.807) is 38.8 Å². The van der Waals surface area contributed by atoms with Crippen molar-refractivity contribution in [3.8, 4) is 34.1 Å². The predicted octanol–water partition coefficient (Wildman–Crippen LogP) is 4.34. The fourth-order valence-electron chi connectivity index (χ4n) is 4.19. The zero-order valence-electron chi connectivity index (χ0n) is 19.7. The molecule has 0 aliphatic rings. The van der Waals surface area contributed by atoms with Gasteiger partial charge < -0.3 is 23.8 Å². The highest BCUT2D eigenvalue weighted by atomic mass is 16.5. The number of imidazole rings is 1. The number of nitrogens with one attached hydrogen (secondary N) is 2. The molecule has 0 saturated carbocycles. The number of hydrogen-bond donors (Lipinski definition) is 2. The molecule has 0 spiro atoms. The predicted molar refractivity (Wildman–Crippen MR) is 133 cm³/mol. The summed E-state index contributed by atoms with van der Waals surface area (Å²) in [5, 5.41) is 0.687. The SMILES string of the molecule is Cc1cnc(-c2cc3c(-c4cc(=O)n(C)cc4Oc4c(C)cccc4C)cn(C)c(=O)c3[nH]2)[nH]1. The van der Waals surface area contributed by atoms with Crippen LogP contribution in [0.2, 0.25) is 0 Å². The monoisotopic (exact) mass is 455 g/mol. The average molecular weight is 456 g/mol. The van der Waals surface area contributed by atoms with Gasteiger partial charge in [0, 0.05) is 54.8 Å². The maximum absolute atomic E-state index is 13.0. The molecule has 0 aliphatic carbocycles. The number of rotatable bonds is 4. The van der Waals surface area contributed by atoms with E-state index >= 15 is 0 Å². The molecule has 0 saturated heterocycles. The molecule has 0 atom stereocenters. The van der Waals surface area contributed by atoms with Crippen molar-refractivity contribution in [2.45, 2.75) is 20.8 Å². The van der Waals surface area contributed by atoms with Gasteiger partial charge in [-0.1, -0.05) is 18.2 Å². The van der Waals surface area contributed by atoms with Gasteiger partial charge in [-0.25, -0.2) is 4.98 Å². The summed E-state index contributed by atoms with van der Waals surface area (Å²) < 4.78 is 9.39. The Kier molecular flexibility index (Phi) is 5.01. The molecule has 5 aromatic rings. The first kappa shape index (κ1) is 21.5. The lowest BCUT2D eigenvalue weighted by atomic mass is 10.0. The smallest absolute Gasteiger partial charge is 0.274 e. The van der Waals surface area contributed by atoms with Crippen molar-refractivity contribution < 1.29 is 4.74 Å². The second-order valence-corrected chi connectivity index (χ2v) is 8.67. The Labute approximate surface area is 195 Å². The first-order valence-corrected chi connectivity index (χ1v) is 10.9. The van der Waals surface area contributed by atoms with Gasteiger partial charge in [0.1, 0.15) is 11.3 Å². The van der Waals surface area contributed by atoms with Gasteiger partial charge in [-0.15, -0.1) is 0 Å². The van der Waals surface area contributed by atoms with Crippen LogP contribution in [0.1, 0.15) is 16.8 Å². The third-order valence-electron chi connectivity index (χ3n) is 6.03. The minimum Gasteiger partial charge on any atom is -0.455 e. The number of aromatic nitrogens is 5. The summed E-state index contributed by atoms with van der Waals surface area (Å²) >= 11 is 0. The standard InChI is InChI=1S/C26H25N5O3/c1-14-7-6-8-15(2)24(14)34-21-13-30(4)22(32)10-17(21)19-12-31(5)26(33)23-18(19)9-20(29-23)25-27-11-16(3)28-25/h6-13,29H,1-5H3,(H,27,28). The van der Waals surface area contributed by atoms with Gasteiger partial charge >= 0.3 is 0 Å². The Morgan fingerprint density at radius 3 is 2.32 bits per heavy atom. The first-order valence-electron chi connectivity index (χ1n) is 10.9. The Morgan fingerprint density at radius 1 is 0.912 bits per heavy atom. The van der Waals surface area contributed by atoms with E-state index in [-0.39, 0.29) is 11.1 Å². The molecule has 8 heteroatoms. The zero-order valence-corrected chi connectivity index (χ0v) is 19.7. The summed E-state index contributed by atoms with van der Waals surface area (Å²) in [6, 6.07) is 9.38. The number of pyridine rings is 2. The summed E-state index contributed by atoms with van der Waals surface area (Å²) in [5.41, 5.74) is 4.98. The van der Waals surface area contributed by atoms with Gasteiger partial charge in [0.25, 0.3) is 11.1 Å². The van der Waals surface area contributed by atoms with Crippen molar-refractivity contribution in [2.24, 2.45) is 14.1 Å². The molecular formula is C26H25N5O3. The summed E-state index contributed by atoms with van der Waals surface area (Å²) in [6.07, 6.45) is 5.16. The van der Waals surface area contributed by atoms with E-state index in [0.717, 1.165) is 22.6 Å². The van der Waals surface area contributed by atoms with Crippen LogP contribution < -0.4 is 15.9 Å². The zero-order chi connectivity index (χ0) is 24.1. The Balaban J connectivity index is 1.77. The van der Waals surface area contributed by atoms with E-state index < -0.39 is 0 Å². The minimum atomic E-state index is -0.178. The highest BCUT2D eigenvalue weighted by Gasteiger charge is 2.19. The molecule has 4 heterocycles. The summed E-state index contributed by atoms with van der Waals surface area (Å²) in [6.45, 7) is 5.89. The summed E-state index contributed by atoms with van der Waals surface area (Å²) in [5.74, 6) is 1.90. The third-order valence-corrected chi connectivity index (χ3v) is 6.03. The number of aryl methyl sites for hydroxylation is 5. The molecule has 0 aliphatic heterocycles.